The fraction of sp³-hybridized carbons (Fsp3) is 0.486. The van der Waals surface area contributed by atoms with E-state index in [0.717, 1.165) is 37.1 Å². The highest BCUT2D eigenvalue weighted by molar-refractivity contribution is 5.84. The molecule has 244 valence electrons. The molecule has 6 rings (SSSR count). The number of rotatable bonds is 11. The molecule has 0 aliphatic carbocycles. The van der Waals surface area contributed by atoms with Crippen molar-refractivity contribution < 1.29 is 24.5 Å². The largest absolute Gasteiger partial charge is 0.387 e. The van der Waals surface area contributed by atoms with Gasteiger partial charge in [0.2, 0.25) is 5.91 Å². The van der Waals surface area contributed by atoms with Gasteiger partial charge in [-0.15, -0.1) is 0 Å². The van der Waals surface area contributed by atoms with E-state index in [1.165, 1.54) is 13.4 Å². The number of hydrogen-bond donors (Lipinski definition) is 3. The number of amides is 1. The van der Waals surface area contributed by atoms with E-state index in [-0.39, 0.29) is 24.9 Å². The molecule has 4 heterocycles. The minimum Gasteiger partial charge on any atom is -0.387 e. The molecular weight excluding hydrogens is 584 g/mol. The number of ether oxygens (including phenoxy) is 2. The zero-order chi connectivity index (χ0) is 32.2. The first kappa shape index (κ1) is 32.1. The van der Waals surface area contributed by atoms with E-state index in [9.17, 15) is 15.0 Å². The molecule has 2 saturated heterocycles. The zero-order valence-corrected chi connectivity index (χ0v) is 26.7. The Kier molecular flexibility index (Phi) is 9.93. The summed E-state index contributed by atoms with van der Waals surface area (Å²) in [5.41, 5.74) is 3.19. The zero-order valence-electron chi connectivity index (χ0n) is 26.7. The molecule has 0 radical (unpaired) electrons. The molecule has 3 N–H and O–H groups in total. The highest BCUT2D eigenvalue weighted by Crippen LogP contribution is 2.33. The van der Waals surface area contributed by atoms with Crippen molar-refractivity contribution in [2.45, 2.75) is 63.6 Å². The summed E-state index contributed by atoms with van der Waals surface area (Å²) in [6.07, 6.45) is -0.473. The number of aromatic nitrogens is 4. The third kappa shape index (κ3) is 6.78. The summed E-state index contributed by atoms with van der Waals surface area (Å²) in [5.74, 6) is 2.07. The van der Waals surface area contributed by atoms with Gasteiger partial charge in [0, 0.05) is 32.7 Å². The molecule has 0 unspecified atom stereocenters. The first-order valence-electron chi connectivity index (χ1n) is 16.2. The van der Waals surface area contributed by atoms with E-state index in [4.69, 9.17) is 19.4 Å². The molecular formula is C35H44N6O5. The first-order valence-corrected chi connectivity index (χ1v) is 16.2. The monoisotopic (exact) mass is 628 g/mol. The number of imidazole rings is 1. The van der Waals surface area contributed by atoms with Gasteiger partial charge < -0.3 is 29.9 Å². The smallest absolute Gasteiger partial charge is 0.230 e. The van der Waals surface area contributed by atoms with Crippen molar-refractivity contribution >= 4 is 22.9 Å². The lowest BCUT2D eigenvalue weighted by atomic mass is 9.86. The minimum absolute atomic E-state index is 0.0160. The summed E-state index contributed by atoms with van der Waals surface area (Å²) in [7, 11) is 1.51. The van der Waals surface area contributed by atoms with Crippen LogP contribution >= 0.6 is 0 Å². The van der Waals surface area contributed by atoms with Crippen LogP contribution in [-0.2, 0) is 20.7 Å². The molecule has 0 saturated carbocycles. The number of carbonyl (C=O) groups is 1. The quantitative estimate of drug-likeness (QED) is 0.227. The number of methoxy groups -OCH3 is 1. The molecule has 11 heteroatoms. The summed E-state index contributed by atoms with van der Waals surface area (Å²) in [6.45, 7) is 6.57. The van der Waals surface area contributed by atoms with Crippen molar-refractivity contribution in [2.24, 2.45) is 11.8 Å². The number of aliphatic hydroxyl groups is 2. The molecule has 0 spiro atoms. The Morgan fingerprint density at radius 1 is 1.00 bits per heavy atom. The lowest BCUT2D eigenvalue weighted by Gasteiger charge is -2.33. The van der Waals surface area contributed by atoms with Gasteiger partial charge >= 0.3 is 0 Å². The number of nitrogens with one attached hydrogen (secondary N) is 1. The third-order valence-corrected chi connectivity index (χ3v) is 9.43. The highest BCUT2D eigenvalue weighted by atomic mass is 16.6. The van der Waals surface area contributed by atoms with E-state index in [2.05, 4.69) is 48.4 Å². The Balaban J connectivity index is 1.32. The van der Waals surface area contributed by atoms with E-state index in [1.54, 1.807) is 4.57 Å². The normalized spacial score (nSPS) is 22.3. The second kappa shape index (κ2) is 14.3. The predicted octanol–water partition coefficient (Wildman–Crippen LogP) is 3.77. The van der Waals surface area contributed by atoms with Crippen molar-refractivity contribution in [1.82, 2.24) is 24.4 Å². The molecule has 0 bridgehead atoms. The number of benzene rings is 2. The van der Waals surface area contributed by atoms with Crippen molar-refractivity contribution in [3.05, 3.63) is 83.9 Å². The van der Waals surface area contributed by atoms with Gasteiger partial charge in [-0.2, -0.15) is 0 Å². The van der Waals surface area contributed by atoms with Gasteiger partial charge in [-0.25, -0.2) is 15.0 Å². The topological polar surface area (TPSA) is 135 Å². The van der Waals surface area contributed by atoms with Gasteiger partial charge in [0.25, 0.3) is 0 Å². The van der Waals surface area contributed by atoms with Crippen LogP contribution in [0, 0.1) is 11.8 Å². The molecule has 4 atom stereocenters. The number of carbonyl (C=O) groups excluding carboxylic acids is 1. The summed E-state index contributed by atoms with van der Waals surface area (Å²) in [5, 5.41) is 25.1. The lowest BCUT2D eigenvalue weighted by molar-refractivity contribution is -0.132. The average Bonchev–Trinajstić information content (AvgIpc) is 3.62. The van der Waals surface area contributed by atoms with E-state index >= 15 is 0 Å². The second-order valence-corrected chi connectivity index (χ2v) is 12.7. The Morgan fingerprint density at radius 2 is 1.65 bits per heavy atom. The maximum atomic E-state index is 13.5. The van der Waals surface area contributed by atoms with Crippen LogP contribution in [0.4, 0.5) is 5.82 Å². The standard InChI is InChI=1S/C35H44N6O5/c1-22(2)23-14-16-40(17-15-23)29(42)18-28-38-33(36-19-26(24-10-6-4-7-11-24)25-12-8-5-9-13-25)30-34(39-28)41(21-37-30)35-32(44)31(43)27(46-35)20-45-3/h4-13,21-23,26-27,31-32,35,43-44H,14-20H2,1-3H3,(H,36,38,39)/t27-,31-,32+,35-/m1/s1. The molecule has 2 fully saturated rings. The molecule has 1 amide bonds. The van der Waals surface area contributed by atoms with Gasteiger partial charge in [0.15, 0.2) is 23.2 Å². The van der Waals surface area contributed by atoms with Gasteiger partial charge in [-0.05, 0) is 35.8 Å². The Bertz CT molecular complexity index is 1550. The van der Waals surface area contributed by atoms with Gasteiger partial charge in [-0.3, -0.25) is 9.36 Å². The van der Waals surface area contributed by atoms with Crippen LogP contribution in [0.3, 0.4) is 0 Å². The average molecular weight is 629 g/mol. The Hall–Kier alpha value is -3.90. The molecule has 11 nitrogen and oxygen atoms in total. The molecule has 2 aromatic heterocycles. The van der Waals surface area contributed by atoms with Crippen LogP contribution in [-0.4, -0.2) is 92.2 Å². The number of piperidine rings is 1. The molecule has 46 heavy (non-hydrogen) atoms. The number of likely N-dealkylation sites (tertiary alicyclic amines) is 1. The third-order valence-electron chi connectivity index (χ3n) is 9.43. The summed E-state index contributed by atoms with van der Waals surface area (Å²) in [6, 6.07) is 20.6. The van der Waals surface area contributed by atoms with Gasteiger partial charge in [0.05, 0.1) is 19.4 Å². The molecule has 2 aliphatic rings. The van der Waals surface area contributed by atoms with Gasteiger partial charge in [-0.1, -0.05) is 74.5 Å². The summed E-state index contributed by atoms with van der Waals surface area (Å²) in [4.78, 5) is 29.7. The van der Waals surface area contributed by atoms with Crippen molar-refractivity contribution in [2.75, 3.05) is 38.7 Å². The lowest BCUT2D eigenvalue weighted by Crippen LogP contribution is -2.40. The first-order chi connectivity index (χ1) is 22.3. The van der Waals surface area contributed by atoms with Crippen LogP contribution in [0.15, 0.2) is 67.0 Å². The van der Waals surface area contributed by atoms with Crippen LogP contribution < -0.4 is 5.32 Å². The predicted molar refractivity (Wildman–Crippen MR) is 174 cm³/mol. The van der Waals surface area contributed by atoms with Crippen molar-refractivity contribution in [1.29, 1.82) is 0 Å². The van der Waals surface area contributed by atoms with Gasteiger partial charge in [0.1, 0.15) is 24.1 Å². The van der Waals surface area contributed by atoms with Crippen LogP contribution in [0.1, 0.15) is 55.8 Å². The summed E-state index contributed by atoms with van der Waals surface area (Å²) >= 11 is 0. The number of aliphatic hydroxyl groups excluding tert-OH is 2. The Morgan fingerprint density at radius 3 is 2.26 bits per heavy atom. The SMILES string of the molecule is COC[C@H]1O[C@@H](n2cnc3c(NCC(c4ccccc4)c4ccccc4)nc(CC(=O)N4CCC(C(C)C)CC4)nc32)[C@@H](O)[C@@H]1O. The molecule has 2 aromatic carbocycles. The maximum absolute atomic E-state index is 13.5. The second-order valence-electron chi connectivity index (χ2n) is 12.7. The minimum atomic E-state index is -1.23. The van der Waals surface area contributed by atoms with Crippen molar-refractivity contribution in [3.8, 4) is 0 Å². The fourth-order valence-corrected chi connectivity index (χ4v) is 6.67. The van der Waals surface area contributed by atoms with E-state index < -0.39 is 24.5 Å². The van der Waals surface area contributed by atoms with Crippen LogP contribution in [0.2, 0.25) is 0 Å². The molecule has 2 aliphatic heterocycles. The molecule has 4 aromatic rings. The number of fused-ring (bicyclic) bond motifs is 1. The van der Waals surface area contributed by atoms with E-state index in [1.807, 2.05) is 41.3 Å². The van der Waals surface area contributed by atoms with Crippen LogP contribution in [0.25, 0.3) is 11.2 Å². The number of anilines is 1. The highest BCUT2D eigenvalue weighted by Gasteiger charge is 2.44. The van der Waals surface area contributed by atoms with E-state index in [0.29, 0.717) is 41.2 Å². The number of hydrogen-bond acceptors (Lipinski definition) is 9. The Labute approximate surface area is 269 Å². The maximum Gasteiger partial charge on any atom is 0.230 e. The fourth-order valence-electron chi connectivity index (χ4n) is 6.67. The van der Waals surface area contributed by atoms with Crippen LogP contribution in [0.5, 0.6) is 0 Å². The summed E-state index contributed by atoms with van der Waals surface area (Å²) < 4.78 is 12.8. The number of nitrogens with zero attached hydrogens (tertiary/aromatic N) is 5. The van der Waals surface area contributed by atoms with Crippen molar-refractivity contribution in [3.63, 3.8) is 0 Å².